The third-order valence-corrected chi connectivity index (χ3v) is 4.69. The minimum atomic E-state index is 0.185. The number of likely N-dealkylation sites (tertiary alicyclic amines) is 1. The van der Waals surface area contributed by atoms with Crippen LogP contribution in [-0.4, -0.2) is 48.5 Å². The van der Waals surface area contributed by atoms with Crippen molar-refractivity contribution in [2.24, 2.45) is 0 Å². The molecule has 4 heteroatoms. The maximum atomic E-state index is 6.05. The Hall–Kier alpha value is -0.840. The molecule has 0 saturated carbocycles. The van der Waals surface area contributed by atoms with Crippen molar-refractivity contribution < 1.29 is 4.74 Å². The molecule has 2 aliphatic heterocycles. The minimum Gasteiger partial charge on any atom is -0.360 e. The van der Waals surface area contributed by atoms with E-state index in [2.05, 4.69) is 40.8 Å². The number of nitrogens with zero attached hydrogens (tertiary/aromatic N) is 2. The van der Waals surface area contributed by atoms with Crippen molar-refractivity contribution in [1.82, 2.24) is 14.8 Å². The highest BCUT2D eigenvalue weighted by atomic mass is 16.5. The summed E-state index contributed by atoms with van der Waals surface area (Å²) in [5.74, 6) is 0. The molecule has 4 nitrogen and oxygen atoms in total. The van der Waals surface area contributed by atoms with E-state index >= 15 is 0 Å². The summed E-state index contributed by atoms with van der Waals surface area (Å²) in [5.41, 5.74) is 2.66. The third-order valence-electron chi connectivity index (χ3n) is 4.69. The van der Waals surface area contributed by atoms with Gasteiger partial charge >= 0.3 is 0 Å². The summed E-state index contributed by atoms with van der Waals surface area (Å²) in [7, 11) is 0. The fourth-order valence-corrected chi connectivity index (χ4v) is 3.41. The number of piperidine rings is 1. The molecule has 3 heterocycles. The Balaban J connectivity index is 1.46. The first-order chi connectivity index (χ1) is 9.75. The molecule has 2 saturated heterocycles. The second-order valence-corrected chi connectivity index (χ2v) is 6.16. The second-order valence-electron chi connectivity index (χ2n) is 6.16. The lowest BCUT2D eigenvalue weighted by Gasteiger charge is -2.40. The third kappa shape index (κ3) is 2.92. The van der Waals surface area contributed by atoms with Gasteiger partial charge in [0.05, 0.1) is 12.6 Å². The molecule has 20 heavy (non-hydrogen) atoms. The molecule has 3 rings (SSSR count). The SMILES string of the molecule is Cc1ccc(C)n1[C@@H]1CNC1OCCN1CCCCC1. The number of aromatic nitrogens is 1. The summed E-state index contributed by atoms with van der Waals surface area (Å²) in [5, 5.41) is 3.41. The van der Waals surface area contributed by atoms with Gasteiger partial charge in [-0.2, -0.15) is 0 Å². The van der Waals surface area contributed by atoms with Crippen LogP contribution in [0.4, 0.5) is 0 Å². The molecule has 1 N–H and O–H groups in total. The number of ether oxygens (including phenoxy) is 1. The smallest absolute Gasteiger partial charge is 0.130 e. The molecule has 1 unspecified atom stereocenters. The Labute approximate surface area is 122 Å². The highest BCUT2D eigenvalue weighted by Gasteiger charge is 2.33. The van der Waals surface area contributed by atoms with Gasteiger partial charge in [-0.05, 0) is 51.9 Å². The molecule has 0 radical (unpaired) electrons. The number of nitrogens with one attached hydrogen (secondary N) is 1. The molecular weight excluding hydrogens is 250 g/mol. The summed E-state index contributed by atoms with van der Waals surface area (Å²) in [6, 6.07) is 4.85. The first-order valence-corrected chi connectivity index (χ1v) is 7.97. The van der Waals surface area contributed by atoms with Crippen molar-refractivity contribution >= 4 is 0 Å². The van der Waals surface area contributed by atoms with Crippen molar-refractivity contribution in [2.75, 3.05) is 32.8 Å². The molecule has 0 amide bonds. The zero-order valence-corrected chi connectivity index (χ0v) is 12.8. The topological polar surface area (TPSA) is 29.4 Å². The van der Waals surface area contributed by atoms with Crippen LogP contribution in [0.3, 0.4) is 0 Å². The first kappa shape index (κ1) is 14.1. The van der Waals surface area contributed by atoms with E-state index in [1.807, 2.05) is 0 Å². The molecule has 0 bridgehead atoms. The monoisotopic (exact) mass is 277 g/mol. The average molecular weight is 277 g/mol. The first-order valence-electron chi connectivity index (χ1n) is 7.97. The van der Waals surface area contributed by atoms with Crippen LogP contribution in [-0.2, 0) is 4.74 Å². The average Bonchev–Trinajstić information content (AvgIpc) is 2.76. The van der Waals surface area contributed by atoms with E-state index in [0.29, 0.717) is 6.04 Å². The number of hydrogen-bond acceptors (Lipinski definition) is 3. The van der Waals surface area contributed by atoms with Crippen LogP contribution < -0.4 is 5.32 Å². The van der Waals surface area contributed by atoms with Crippen LogP contribution in [0, 0.1) is 13.8 Å². The molecule has 0 aliphatic carbocycles. The van der Waals surface area contributed by atoms with Gasteiger partial charge in [0, 0.05) is 24.5 Å². The lowest BCUT2D eigenvalue weighted by molar-refractivity contribution is -0.0609. The summed E-state index contributed by atoms with van der Waals surface area (Å²) < 4.78 is 8.46. The van der Waals surface area contributed by atoms with Gasteiger partial charge in [0.1, 0.15) is 6.23 Å². The number of hydrogen-bond donors (Lipinski definition) is 1. The fraction of sp³-hybridized carbons (Fsp3) is 0.750. The zero-order valence-electron chi connectivity index (χ0n) is 12.8. The van der Waals surface area contributed by atoms with Crippen LogP contribution in [0.25, 0.3) is 0 Å². The van der Waals surface area contributed by atoms with Crippen LogP contribution in [0.5, 0.6) is 0 Å². The van der Waals surface area contributed by atoms with Crippen LogP contribution in [0.1, 0.15) is 36.7 Å². The van der Waals surface area contributed by atoms with Crippen molar-refractivity contribution in [1.29, 1.82) is 0 Å². The fourth-order valence-electron chi connectivity index (χ4n) is 3.41. The Morgan fingerprint density at radius 2 is 1.85 bits per heavy atom. The maximum absolute atomic E-state index is 6.05. The quantitative estimate of drug-likeness (QED) is 0.893. The molecule has 2 fully saturated rings. The molecule has 112 valence electrons. The van der Waals surface area contributed by atoms with Crippen molar-refractivity contribution in [2.45, 2.75) is 45.4 Å². The van der Waals surface area contributed by atoms with E-state index < -0.39 is 0 Å². The van der Waals surface area contributed by atoms with Crippen LogP contribution in [0.2, 0.25) is 0 Å². The minimum absolute atomic E-state index is 0.185. The maximum Gasteiger partial charge on any atom is 0.130 e. The Kier molecular flexibility index (Phi) is 4.44. The molecule has 2 aliphatic rings. The Morgan fingerprint density at radius 3 is 2.45 bits per heavy atom. The van der Waals surface area contributed by atoms with E-state index in [1.54, 1.807) is 0 Å². The molecular formula is C16H27N3O. The summed E-state index contributed by atoms with van der Waals surface area (Å²) in [6.07, 6.45) is 4.29. The Bertz CT molecular complexity index is 417. The standard InChI is InChI=1S/C16H27N3O/c1-13-6-7-14(2)19(13)15-12-17-16(15)20-11-10-18-8-4-3-5-9-18/h6-7,15-17H,3-5,8-12H2,1-2H3/t15-,16?/m1/s1. The highest BCUT2D eigenvalue weighted by Crippen LogP contribution is 2.25. The molecule has 1 aromatic heterocycles. The van der Waals surface area contributed by atoms with Gasteiger partial charge in [-0.25, -0.2) is 0 Å². The van der Waals surface area contributed by atoms with E-state index in [1.165, 1.54) is 43.7 Å². The number of aryl methyl sites for hydroxylation is 2. The molecule has 0 spiro atoms. The van der Waals surface area contributed by atoms with Crippen molar-refractivity contribution in [3.8, 4) is 0 Å². The van der Waals surface area contributed by atoms with Gasteiger partial charge in [-0.3, -0.25) is 5.32 Å². The lowest BCUT2D eigenvalue weighted by atomic mass is 10.1. The van der Waals surface area contributed by atoms with Gasteiger partial charge < -0.3 is 14.2 Å². The van der Waals surface area contributed by atoms with Crippen LogP contribution in [0.15, 0.2) is 12.1 Å². The second kappa shape index (κ2) is 6.29. The van der Waals surface area contributed by atoms with E-state index in [0.717, 1.165) is 19.7 Å². The molecule has 2 atom stereocenters. The van der Waals surface area contributed by atoms with Gasteiger partial charge in [0.2, 0.25) is 0 Å². The van der Waals surface area contributed by atoms with Gasteiger partial charge in [0.15, 0.2) is 0 Å². The predicted octanol–water partition coefficient (Wildman–Crippen LogP) is 2.08. The van der Waals surface area contributed by atoms with Gasteiger partial charge in [0.25, 0.3) is 0 Å². The number of rotatable bonds is 5. The van der Waals surface area contributed by atoms with Gasteiger partial charge in [-0.1, -0.05) is 6.42 Å². The summed E-state index contributed by atoms with van der Waals surface area (Å²) >= 11 is 0. The van der Waals surface area contributed by atoms with Crippen molar-refractivity contribution in [3.05, 3.63) is 23.5 Å². The van der Waals surface area contributed by atoms with E-state index in [4.69, 9.17) is 4.74 Å². The van der Waals surface area contributed by atoms with E-state index in [-0.39, 0.29) is 6.23 Å². The Morgan fingerprint density at radius 1 is 1.15 bits per heavy atom. The highest BCUT2D eigenvalue weighted by molar-refractivity contribution is 5.16. The molecule has 1 aromatic rings. The van der Waals surface area contributed by atoms with Gasteiger partial charge in [-0.15, -0.1) is 0 Å². The summed E-state index contributed by atoms with van der Waals surface area (Å²) in [6.45, 7) is 9.79. The van der Waals surface area contributed by atoms with Crippen LogP contribution >= 0.6 is 0 Å². The predicted molar refractivity (Wildman–Crippen MR) is 81.0 cm³/mol. The van der Waals surface area contributed by atoms with E-state index in [9.17, 15) is 0 Å². The molecule has 0 aromatic carbocycles. The zero-order chi connectivity index (χ0) is 13.9. The summed E-state index contributed by atoms with van der Waals surface area (Å²) in [4.78, 5) is 2.53. The van der Waals surface area contributed by atoms with Crippen molar-refractivity contribution in [3.63, 3.8) is 0 Å². The lowest BCUT2D eigenvalue weighted by Crippen LogP contribution is -2.56. The largest absolute Gasteiger partial charge is 0.360 e. The normalized spacial score (nSPS) is 27.5.